The molecule has 1 fully saturated rings. The van der Waals surface area contributed by atoms with Crippen LogP contribution in [0.15, 0.2) is 0 Å². The molecule has 0 aromatic heterocycles. The van der Waals surface area contributed by atoms with Crippen LogP contribution < -0.4 is 5.32 Å². The lowest BCUT2D eigenvalue weighted by molar-refractivity contribution is -0.136. The van der Waals surface area contributed by atoms with Gasteiger partial charge in [0.2, 0.25) is 5.91 Å². The second-order valence-electron chi connectivity index (χ2n) is 4.91. The molecule has 1 aliphatic heterocycles. The summed E-state index contributed by atoms with van der Waals surface area (Å²) in [6.45, 7) is 3.47. The van der Waals surface area contributed by atoms with E-state index in [0.717, 1.165) is 19.4 Å². The molecule has 0 aliphatic carbocycles. The van der Waals surface area contributed by atoms with Crippen LogP contribution in [0.3, 0.4) is 0 Å². The van der Waals surface area contributed by atoms with E-state index in [2.05, 4.69) is 12.2 Å². The lowest BCUT2D eigenvalue weighted by Crippen LogP contribution is -2.46. The lowest BCUT2D eigenvalue weighted by atomic mass is 9.94. The summed E-state index contributed by atoms with van der Waals surface area (Å²) in [4.78, 5) is 13.7. The van der Waals surface area contributed by atoms with E-state index in [9.17, 15) is 9.90 Å². The summed E-state index contributed by atoms with van der Waals surface area (Å²) in [5.74, 6) is 0.158. The third kappa shape index (κ3) is 4.61. The molecule has 1 saturated heterocycles. The van der Waals surface area contributed by atoms with Crippen molar-refractivity contribution in [2.24, 2.45) is 5.92 Å². The maximum atomic E-state index is 12.1. The van der Waals surface area contributed by atoms with Crippen molar-refractivity contribution in [2.45, 2.75) is 31.9 Å². The monoisotopic (exact) mass is 244 g/mol. The Kier molecular flexibility index (Phi) is 5.88. The third-order valence-electron chi connectivity index (χ3n) is 3.23. The number of methoxy groups -OCH3 is 1. The number of hydrogen-bond acceptors (Lipinski definition) is 4. The van der Waals surface area contributed by atoms with Crippen LogP contribution >= 0.6 is 0 Å². The molecule has 0 saturated carbocycles. The summed E-state index contributed by atoms with van der Waals surface area (Å²) in [6.07, 6.45) is 1.35. The van der Waals surface area contributed by atoms with Crippen LogP contribution in [0.1, 0.15) is 19.8 Å². The Bertz CT molecular complexity index is 240. The van der Waals surface area contributed by atoms with Gasteiger partial charge in [0.25, 0.3) is 0 Å². The number of nitrogens with one attached hydrogen (secondary N) is 1. The van der Waals surface area contributed by atoms with E-state index in [1.54, 1.807) is 11.9 Å². The predicted octanol–water partition coefficient (Wildman–Crippen LogP) is -0.160. The number of amides is 1. The van der Waals surface area contributed by atoms with Gasteiger partial charge in [0.15, 0.2) is 0 Å². The van der Waals surface area contributed by atoms with E-state index in [-0.39, 0.29) is 18.4 Å². The van der Waals surface area contributed by atoms with Gasteiger partial charge in [0, 0.05) is 33.3 Å². The van der Waals surface area contributed by atoms with Gasteiger partial charge in [0.1, 0.15) is 0 Å². The summed E-state index contributed by atoms with van der Waals surface area (Å²) >= 11 is 0. The molecule has 5 heteroatoms. The van der Waals surface area contributed by atoms with Gasteiger partial charge in [-0.25, -0.2) is 0 Å². The van der Waals surface area contributed by atoms with Crippen molar-refractivity contribution in [3.63, 3.8) is 0 Å². The second-order valence-corrected chi connectivity index (χ2v) is 4.91. The smallest absolute Gasteiger partial charge is 0.226 e. The van der Waals surface area contributed by atoms with Crippen molar-refractivity contribution in [3.05, 3.63) is 0 Å². The number of rotatable bonds is 5. The Hall–Kier alpha value is -0.650. The first-order valence-electron chi connectivity index (χ1n) is 6.20. The first-order valence-corrected chi connectivity index (χ1v) is 6.20. The number of hydrogen-bond donors (Lipinski definition) is 2. The number of ether oxygens (including phenoxy) is 1. The predicted molar refractivity (Wildman–Crippen MR) is 65.7 cm³/mol. The van der Waals surface area contributed by atoms with Crippen LogP contribution in [-0.4, -0.2) is 61.9 Å². The van der Waals surface area contributed by atoms with E-state index in [1.165, 1.54) is 7.11 Å². The molecule has 17 heavy (non-hydrogen) atoms. The van der Waals surface area contributed by atoms with Crippen LogP contribution in [0.25, 0.3) is 0 Å². The van der Waals surface area contributed by atoms with E-state index >= 15 is 0 Å². The van der Waals surface area contributed by atoms with Crippen LogP contribution in [-0.2, 0) is 9.53 Å². The van der Waals surface area contributed by atoms with Crippen molar-refractivity contribution in [1.29, 1.82) is 0 Å². The molecule has 0 aromatic carbocycles. The highest BCUT2D eigenvalue weighted by Gasteiger charge is 2.26. The normalized spacial score (nSPS) is 26.6. The number of carbonyl (C=O) groups excluding carboxylic acids is 1. The van der Waals surface area contributed by atoms with E-state index in [1.807, 2.05) is 0 Å². The molecular formula is C12H24N2O3. The number of nitrogens with zero attached hydrogens (tertiary/aromatic N) is 1. The summed E-state index contributed by atoms with van der Waals surface area (Å²) in [7, 11) is 3.27. The largest absolute Gasteiger partial charge is 0.389 e. The highest BCUT2D eigenvalue weighted by Crippen LogP contribution is 2.16. The third-order valence-corrected chi connectivity index (χ3v) is 3.23. The highest BCUT2D eigenvalue weighted by molar-refractivity contribution is 5.79. The first-order chi connectivity index (χ1) is 8.04. The average Bonchev–Trinajstić information content (AvgIpc) is 2.29. The van der Waals surface area contributed by atoms with Crippen molar-refractivity contribution >= 4 is 5.91 Å². The number of aliphatic hydroxyl groups is 1. The van der Waals surface area contributed by atoms with Crippen molar-refractivity contribution in [3.8, 4) is 0 Å². The van der Waals surface area contributed by atoms with Crippen LogP contribution in [0.5, 0.6) is 0 Å². The standard InChI is InChI=1S/C12H24N2O3/c1-9-4-5-10(6-13-9)12(16)14(2)7-11(15)8-17-3/h9-11,13,15H,4-8H2,1-3H3. The molecule has 5 nitrogen and oxygen atoms in total. The summed E-state index contributed by atoms with van der Waals surface area (Å²) < 4.78 is 4.84. The van der Waals surface area contributed by atoms with Crippen molar-refractivity contribution in [1.82, 2.24) is 10.2 Å². The van der Waals surface area contributed by atoms with Gasteiger partial charge in [0.05, 0.1) is 18.6 Å². The Morgan fingerprint density at radius 3 is 2.82 bits per heavy atom. The van der Waals surface area contributed by atoms with Crippen molar-refractivity contribution < 1.29 is 14.6 Å². The fraction of sp³-hybridized carbons (Fsp3) is 0.917. The van der Waals surface area contributed by atoms with Gasteiger partial charge < -0.3 is 20.1 Å². The quantitative estimate of drug-likeness (QED) is 0.705. The van der Waals surface area contributed by atoms with Gasteiger partial charge in [-0.1, -0.05) is 0 Å². The van der Waals surface area contributed by atoms with Gasteiger partial charge in [-0.2, -0.15) is 0 Å². The second kappa shape index (κ2) is 6.93. The van der Waals surface area contributed by atoms with Gasteiger partial charge in [-0.15, -0.1) is 0 Å². The molecule has 1 rings (SSSR count). The van der Waals surface area contributed by atoms with Crippen molar-refractivity contribution in [2.75, 3.05) is 33.9 Å². The minimum atomic E-state index is -0.607. The zero-order valence-electron chi connectivity index (χ0n) is 11.0. The van der Waals surface area contributed by atoms with Gasteiger partial charge in [-0.05, 0) is 19.8 Å². The first kappa shape index (κ1) is 14.4. The van der Waals surface area contributed by atoms with Crippen LogP contribution in [0.2, 0.25) is 0 Å². The van der Waals surface area contributed by atoms with Gasteiger partial charge in [-0.3, -0.25) is 4.79 Å². The fourth-order valence-corrected chi connectivity index (χ4v) is 2.17. The number of aliphatic hydroxyl groups excluding tert-OH is 1. The molecule has 100 valence electrons. The zero-order valence-corrected chi connectivity index (χ0v) is 11.0. The Balaban J connectivity index is 2.35. The molecule has 0 bridgehead atoms. The fourth-order valence-electron chi connectivity index (χ4n) is 2.17. The molecule has 1 heterocycles. The molecule has 2 N–H and O–H groups in total. The van der Waals surface area contributed by atoms with E-state index < -0.39 is 6.10 Å². The summed E-state index contributed by atoms with van der Waals surface area (Å²) in [5, 5.41) is 12.9. The number of piperidine rings is 1. The minimum Gasteiger partial charge on any atom is -0.389 e. The van der Waals surface area contributed by atoms with Gasteiger partial charge >= 0.3 is 0 Å². The number of likely N-dealkylation sites (N-methyl/N-ethyl adjacent to an activating group) is 1. The zero-order chi connectivity index (χ0) is 12.8. The topological polar surface area (TPSA) is 61.8 Å². The molecular weight excluding hydrogens is 220 g/mol. The highest BCUT2D eigenvalue weighted by atomic mass is 16.5. The summed E-state index contributed by atoms with van der Waals surface area (Å²) in [5.41, 5.74) is 0. The average molecular weight is 244 g/mol. The molecule has 3 unspecified atom stereocenters. The van der Waals surface area contributed by atoms with Crippen LogP contribution in [0.4, 0.5) is 0 Å². The minimum absolute atomic E-state index is 0.0472. The molecule has 1 aliphatic rings. The number of carbonyl (C=O) groups is 1. The maximum Gasteiger partial charge on any atom is 0.226 e. The maximum absolute atomic E-state index is 12.1. The molecule has 0 aromatic rings. The Labute approximate surface area is 103 Å². The molecule has 0 spiro atoms. The van der Waals surface area contributed by atoms with E-state index in [0.29, 0.717) is 12.6 Å². The molecule has 0 radical (unpaired) electrons. The van der Waals surface area contributed by atoms with E-state index in [4.69, 9.17) is 4.74 Å². The summed E-state index contributed by atoms with van der Waals surface area (Å²) in [6, 6.07) is 0.503. The SMILES string of the molecule is COCC(O)CN(C)C(=O)C1CCC(C)NC1. The Morgan fingerprint density at radius 2 is 2.29 bits per heavy atom. The molecule has 3 atom stereocenters. The molecule has 1 amide bonds. The van der Waals surface area contributed by atoms with Crippen LogP contribution in [0, 0.1) is 5.92 Å². The Morgan fingerprint density at radius 1 is 1.59 bits per heavy atom. The lowest BCUT2D eigenvalue weighted by Gasteiger charge is -2.30.